The maximum atomic E-state index is 6.41. The lowest BCUT2D eigenvalue weighted by Crippen LogP contribution is -2.27. The molecule has 0 aliphatic rings. The van der Waals surface area contributed by atoms with Gasteiger partial charge in [-0.1, -0.05) is 42.5 Å². The van der Waals surface area contributed by atoms with Gasteiger partial charge in [0, 0.05) is 54.1 Å². The Morgan fingerprint density at radius 3 is 1.78 bits per heavy atom. The van der Waals surface area contributed by atoms with Gasteiger partial charge in [-0.05, 0) is 78.4 Å². The third-order valence-electron chi connectivity index (χ3n) is 7.80. The largest absolute Gasteiger partial charge is 0.457 e. The number of hydrogen-bond donors (Lipinski definition) is 0. The molecule has 8 rings (SSSR count). The molecule has 220 valence electrons. The van der Waals surface area contributed by atoms with E-state index in [-0.39, 0.29) is 0 Å². The summed E-state index contributed by atoms with van der Waals surface area (Å²) < 4.78 is 16.7. The molecule has 0 fully saturated rings. The van der Waals surface area contributed by atoms with Crippen molar-refractivity contribution in [3.05, 3.63) is 159 Å². The molecule has 4 heterocycles. The van der Waals surface area contributed by atoms with Crippen LogP contribution >= 0.6 is 0 Å². The van der Waals surface area contributed by atoms with Crippen LogP contribution < -0.4 is 14.0 Å². The minimum atomic E-state index is 0.556. The summed E-state index contributed by atoms with van der Waals surface area (Å²) >= 11 is 0. The Hall–Kier alpha value is -6.47. The molecule has 0 saturated heterocycles. The zero-order chi connectivity index (χ0) is 30.9. The Morgan fingerprint density at radius 2 is 1.13 bits per heavy atom. The lowest BCUT2D eigenvalue weighted by molar-refractivity contribution is -0.600. The second-order valence-corrected chi connectivity index (χ2v) is 10.8. The third kappa shape index (κ3) is 5.16. The van der Waals surface area contributed by atoms with Crippen LogP contribution in [0.3, 0.4) is 0 Å². The minimum Gasteiger partial charge on any atom is -0.457 e. The summed E-state index contributed by atoms with van der Waals surface area (Å²) in [6, 6.07) is 41.8. The van der Waals surface area contributed by atoms with E-state index in [1.54, 1.807) is 18.6 Å². The predicted octanol–water partition coefficient (Wildman–Crippen LogP) is 8.81. The Labute approximate surface area is 265 Å². The molecule has 7 heteroatoms. The lowest BCUT2D eigenvalue weighted by atomic mass is 10.1. The normalized spacial score (nSPS) is 11.1. The van der Waals surface area contributed by atoms with Crippen molar-refractivity contribution in [2.24, 2.45) is 0 Å². The van der Waals surface area contributed by atoms with Gasteiger partial charge in [-0.15, -0.1) is 0 Å². The zero-order valence-electron chi connectivity index (χ0n) is 24.7. The van der Waals surface area contributed by atoms with Crippen molar-refractivity contribution in [1.29, 1.82) is 0 Å². The Bertz CT molecular complexity index is 2340. The molecule has 46 heavy (non-hydrogen) atoms. The van der Waals surface area contributed by atoms with E-state index in [2.05, 4.69) is 34.1 Å². The van der Waals surface area contributed by atoms with E-state index in [0.717, 1.165) is 55.8 Å². The molecular weight excluding hydrogens is 570 g/mol. The van der Waals surface area contributed by atoms with Crippen molar-refractivity contribution in [2.75, 3.05) is 0 Å². The van der Waals surface area contributed by atoms with Gasteiger partial charge in [-0.3, -0.25) is 9.55 Å². The molecule has 0 unspecified atom stereocenters. The summed E-state index contributed by atoms with van der Waals surface area (Å²) in [5, 5.41) is 2.10. The van der Waals surface area contributed by atoms with Gasteiger partial charge in [-0.25, -0.2) is 9.97 Å². The molecule has 0 saturated carbocycles. The molecule has 0 atom stereocenters. The molecule has 7 nitrogen and oxygen atoms in total. The first-order chi connectivity index (χ1) is 22.7. The Kier molecular flexibility index (Phi) is 6.81. The van der Waals surface area contributed by atoms with E-state index in [9.17, 15) is 0 Å². The molecule has 4 aromatic heterocycles. The van der Waals surface area contributed by atoms with Gasteiger partial charge in [0.25, 0.3) is 0 Å². The van der Waals surface area contributed by atoms with E-state index < -0.39 is 0 Å². The van der Waals surface area contributed by atoms with Gasteiger partial charge in [0.05, 0.1) is 22.9 Å². The summed E-state index contributed by atoms with van der Waals surface area (Å²) in [6.07, 6.45) is 7.20. The first-order valence-electron chi connectivity index (χ1n) is 14.8. The van der Waals surface area contributed by atoms with Crippen LogP contribution in [-0.4, -0.2) is 19.5 Å². The maximum absolute atomic E-state index is 6.41. The van der Waals surface area contributed by atoms with Crippen LogP contribution in [0.5, 0.6) is 23.0 Å². The van der Waals surface area contributed by atoms with Crippen molar-refractivity contribution >= 4 is 21.8 Å². The van der Waals surface area contributed by atoms with Crippen LogP contribution in [0.25, 0.3) is 50.3 Å². The summed E-state index contributed by atoms with van der Waals surface area (Å²) in [5.74, 6) is 3.40. The van der Waals surface area contributed by atoms with Crippen LogP contribution in [0.2, 0.25) is 0 Å². The van der Waals surface area contributed by atoms with Crippen LogP contribution in [0.4, 0.5) is 0 Å². The topological polar surface area (TPSA) is 65.9 Å². The standard InChI is InChI=1S/C39H27N5O2/c1-43-22-5-3-14-36(43)28-10-7-12-30(24-28)46-32-16-18-34-33-17-15-31(25-37(33)44(38(34)26-32)39-41-20-8-21-42-39)45-29-11-6-9-27(23-29)35-13-2-4-19-40-35/h2-26H,1H2. The molecule has 0 radical (unpaired) electrons. The van der Waals surface area contributed by atoms with Gasteiger partial charge in [0.2, 0.25) is 5.95 Å². The third-order valence-corrected chi connectivity index (χ3v) is 7.80. The predicted molar refractivity (Wildman–Crippen MR) is 179 cm³/mol. The second-order valence-electron chi connectivity index (χ2n) is 10.8. The molecule has 0 amide bonds. The average Bonchev–Trinajstić information content (AvgIpc) is 3.42. The zero-order valence-corrected chi connectivity index (χ0v) is 24.7. The molecule has 0 spiro atoms. The highest BCUT2D eigenvalue weighted by Gasteiger charge is 2.17. The fourth-order valence-corrected chi connectivity index (χ4v) is 5.71. The summed E-state index contributed by atoms with van der Waals surface area (Å²) in [5.41, 5.74) is 5.72. The van der Waals surface area contributed by atoms with E-state index in [0.29, 0.717) is 17.4 Å². The molecule has 4 aromatic carbocycles. The smallest absolute Gasteiger partial charge is 0.234 e. The van der Waals surface area contributed by atoms with Crippen LogP contribution in [-0.2, 0) is 0 Å². The highest BCUT2D eigenvalue weighted by Crippen LogP contribution is 2.37. The quantitative estimate of drug-likeness (QED) is 0.136. The molecule has 8 aromatic rings. The van der Waals surface area contributed by atoms with Gasteiger partial charge in [0.1, 0.15) is 28.7 Å². The first-order valence-corrected chi connectivity index (χ1v) is 14.8. The van der Waals surface area contributed by atoms with Crippen LogP contribution in [0.1, 0.15) is 0 Å². The maximum Gasteiger partial charge on any atom is 0.234 e. The molecule has 0 aliphatic carbocycles. The van der Waals surface area contributed by atoms with E-state index in [1.165, 1.54) is 0 Å². The molecule has 0 bridgehead atoms. The van der Waals surface area contributed by atoms with E-state index in [4.69, 9.17) is 9.47 Å². The highest BCUT2D eigenvalue weighted by molar-refractivity contribution is 6.09. The summed E-state index contributed by atoms with van der Waals surface area (Å²) in [4.78, 5) is 13.7. The summed E-state index contributed by atoms with van der Waals surface area (Å²) in [7, 11) is 4.10. The Morgan fingerprint density at radius 1 is 0.522 bits per heavy atom. The van der Waals surface area contributed by atoms with Gasteiger partial charge in [-0.2, -0.15) is 0 Å². The minimum absolute atomic E-state index is 0.556. The van der Waals surface area contributed by atoms with Gasteiger partial charge in [0.15, 0.2) is 0 Å². The lowest BCUT2D eigenvalue weighted by Gasteiger charge is -2.11. The van der Waals surface area contributed by atoms with Crippen molar-refractivity contribution in [2.45, 2.75) is 0 Å². The second kappa shape index (κ2) is 11.6. The number of benzene rings is 4. The summed E-state index contributed by atoms with van der Waals surface area (Å²) in [6.45, 7) is 0. The number of aromatic nitrogens is 5. The SMILES string of the molecule is [CH2-][n+]1ccccc1-c1cccc(Oc2ccc3c4ccc(Oc5cccc(-c6ccccn6)c5)cc4n(-c4ncccn4)c3c2)c1. The molecule has 0 N–H and O–H groups in total. The number of pyridine rings is 2. The number of hydrogen-bond acceptors (Lipinski definition) is 5. The van der Waals surface area contributed by atoms with Crippen LogP contribution in [0, 0.1) is 7.05 Å². The number of nitrogens with zero attached hydrogens (tertiary/aromatic N) is 5. The van der Waals surface area contributed by atoms with Gasteiger partial charge < -0.3 is 14.0 Å². The fourth-order valence-electron chi connectivity index (χ4n) is 5.71. The molecular formula is C39H27N5O2. The van der Waals surface area contributed by atoms with Crippen molar-refractivity contribution in [3.8, 4) is 51.5 Å². The molecule has 0 aliphatic heterocycles. The highest BCUT2D eigenvalue weighted by atomic mass is 16.5. The van der Waals surface area contributed by atoms with E-state index in [1.807, 2.05) is 131 Å². The monoisotopic (exact) mass is 597 g/mol. The fraction of sp³-hybridized carbons (Fsp3) is 0. The Balaban J connectivity index is 1.19. The van der Waals surface area contributed by atoms with Gasteiger partial charge >= 0.3 is 0 Å². The van der Waals surface area contributed by atoms with Crippen molar-refractivity contribution < 1.29 is 14.0 Å². The average molecular weight is 598 g/mol. The number of rotatable bonds is 7. The van der Waals surface area contributed by atoms with E-state index >= 15 is 0 Å². The number of ether oxygens (including phenoxy) is 2. The first kappa shape index (κ1) is 27.1. The van der Waals surface area contributed by atoms with Crippen molar-refractivity contribution in [1.82, 2.24) is 19.5 Å². The van der Waals surface area contributed by atoms with Crippen LogP contribution in [0.15, 0.2) is 152 Å². The van der Waals surface area contributed by atoms with Crippen molar-refractivity contribution in [3.63, 3.8) is 0 Å². The number of fused-ring (bicyclic) bond motifs is 3.